The zero-order valence-electron chi connectivity index (χ0n) is 14.8. The van der Waals surface area contributed by atoms with Gasteiger partial charge in [-0.05, 0) is 45.5 Å². The number of rotatable bonds is 5. The Balaban J connectivity index is 1.72. The number of alkyl carbamates (subject to hydrolysis) is 1. The average molecular weight is 320 g/mol. The molecule has 1 aliphatic rings. The molecule has 0 atom stereocenters. The number of nitrogens with one attached hydrogen (secondary N) is 1. The summed E-state index contributed by atoms with van der Waals surface area (Å²) in [6.07, 6.45) is 1.49. The van der Waals surface area contributed by atoms with Gasteiger partial charge in [-0.3, -0.25) is 4.90 Å². The summed E-state index contributed by atoms with van der Waals surface area (Å²) in [5, 5.41) is 2.83. The van der Waals surface area contributed by atoms with E-state index < -0.39 is 0 Å². The highest BCUT2D eigenvalue weighted by molar-refractivity contribution is 5.68. The first kappa shape index (κ1) is 17.6. The zero-order chi connectivity index (χ0) is 17.0. The van der Waals surface area contributed by atoms with Crippen molar-refractivity contribution in [3.05, 3.63) is 29.8 Å². The van der Waals surface area contributed by atoms with Crippen LogP contribution < -0.4 is 10.1 Å². The molecule has 2 rings (SSSR count). The largest absolute Gasteiger partial charge is 0.497 e. The summed E-state index contributed by atoms with van der Waals surface area (Å²) in [6.45, 7) is 6.72. The normalized spacial score (nSPS) is 20.8. The van der Waals surface area contributed by atoms with Crippen molar-refractivity contribution < 1.29 is 14.3 Å². The minimum Gasteiger partial charge on any atom is -0.497 e. The van der Waals surface area contributed by atoms with Crippen LogP contribution in [0.1, 0.15) is 39.2 Å². The number of carbonyl (C=O) groups is 1. The first-order chi connectivity index (χ1) is 10.8. The Kier molecular flexibility index (Phi) is 5.52. The second-order valence-corrected chi connectivity index (χ2v) is 7.29. The van der Waals surface area contributed by atoms with Crippen molar-refractivity contribution in [2.45, 2.75) is 57.8 Å². The number of hydrogen-bond donors (Lipinski definition) is 1. The van der Waals surface area contributed by atoms with Crippen LogP contribution in [0.2, 0.25) is 0 Å². The van der Waals surface area contributed by atoms with Crippen LogP contribution in [0, 0.1) is 0 Å². The number of carbonyl (C=O) groups excluding carboxylic acids is 1. The second-order valence-electron chi connectivity index (χ2n) is 7.29. The van der Waals surface area contributed by atoms with Gasteiger partial charge in [-0.1, -0.05) is 12.1 Å². The predicted molar refractivity (Wildman–Crippen MR) is 90.6 cm³/mol. The zero-order valence-corrected chi connectivity index (χ0v) is 14.8. The summed E-state index contributed by atoms with van der Waals surface area (Å²) < 4.78 is 10.6. The van der Waals surface area contributed by atoms with Crippen molar-refractivity contribution in [2.24, 2.45) is 0 Å². The Morgan fingerprint density at radius 3 is 2.39 bits per heavy atom. The lowest BCUT2D eigenvalue weighted by Gasteiger charge is -2.40. The lowest BCUT2D eigenvalue weighted by molar-refractivity contribution is -0.00831. The number of hydrogen-bond acceptors (Lipinski definition) is 4. The predicted octanol–water partition coefficient (Wildman–Crippen LogP) is 3.18. The number of benzene rings is 1. The highest BCUT2D eigenvalue weighted by Crippen LogP contribution is 2.29. The first-order valence-electron chi connectivity index (χ1n) is 8.09. The molecule has 1 saturated carbocycles. The smallest absolute Gasteiger partial charge is 0.407 e. The van der Waals surface area contributed by atoms with Gasteiger partial charge in [0, 0.05) is 31.0 Å². The molecule has 0 spiro atoms. The van der Waals surface area contributed by atoms with E-state index in [1.54, 1.807) is 7.11 Å². The number of ether oxygens (including phenoxy) is 2. The van der Waals surface area contributed by atoms with Gasteiger partial charge >= 0.3 is 6.09 Å². The second kappa shape index (κ2) is 7.21. The molecule has 1 N–H and O–H groups in total. The maximum atomic E-state index is 11.7. The fourth-order valence-electron chi connectivity index (χ4n) is 2.63. The lowest BCUT2D eigenvalue weighted by Crippen LogP contribution is -2.49. The maximum absolute atomic E-state index is 11.7. The van der Waals surface area contributed by atoms with Gasteiger partial charge in [-0.25, -0.2) is 4.79 Å². The van der Waals surface area contributed by atoms with E-state index in [9.17, 15) is 4.79 Å². The molecule has 1 amide bonds. The van der Waals surface area contributed by atoms with Crippen LogP contribution in [0.25, 0.3) is 0 Å². The third-order valence-electron chi connectivity index (χ3n) is 4.04. The Morgan fingerprint density at radius 2 is 1.87 bits per heavy atom. The van der Waals surface area contributed by atoms with Gasteiger partial charge in [0.25, 0.3) is 0 Å². The molecular formula is C18H28N2O3. The van der Waals surface area contributed by atoms with Crippen molar-refractivity contribution >= 4 is 6.09 Å². The molecule has 128 valence electrons. The summed E-state index contributed by atoms with van der Waals surface area (Å²) in [5.41, 5.74) is 0.994. The van der Waals surface area contributed by atoms with Crippen LogP contribution >= 0.6 is 0 Å². The Bertz CT molecular complexity index is 516. The van der Waals surface area contributed by atoms with Crippen LogP contribution in [0.15, 0.2) is 24.3 Å². The standard InChI is InChI=1S/C18H28N2O3/c1-18(2,3)19-17(21)23-16-10-14(11-16)20(4)12-13-6-8-15(22-5)9-7-13/h6-9,14,16H,10-12H2,1-5H3,(H,19,21). The Hall–Kier alpha value is -1.75. The highest BCUT2D eigenvalue weighted by Gasteiger charge is 2.35. The molecule has 1 aliphatic carbocycles. The third kappa shape index (κ3) is 5.43. The molecule has 0 aromatic heterocycles. The molecule has 0 heterocycles. The van der Waals surface area contributed by atoms with E-state index in [2.05, 4.69) is 29.4 Å². The Morgan fingerprint density at radius 1 is 1.26 bits per heavy atom. The van der Waals surface area contributed by atoms with Gasteiger partial charge < -0.3 is 14.8 Å². The molecule has 5 heteroatoms. The van der Waals surface area contributed by atoms with E-state index in [0.717, 1.165) is 25.1 Å². The van der Waals surface area contributed by atoms with E-state index in [4.69, 9.17) is 9.47 Å². The van der Waals surface area contributed by atoms with Crippen LogP contribution in [0.4, 0.5) is 4.79 Å². The molecule has 0 aliphatic heterocycles. The van der Waals surface area contributed by atoms with Gasteiger partial charge in [0.2, 0.25) is 0 Å². The molecule has 0 radical (unpaired) electrons. The molecule has 0 saturated heterocycles. The third-order valence-corrected chi connectivity index (χ3v) is 4.04. The quantitative estimate of drug-likeness (QED) is 0.905. The first-order valence-corrected chi connectivity index (χ1v) is 8.09. The molecule has 1 fully saturated rings. The summed E-state index contributed by atoms with van der Waals surface area (Å²) in [4.78, 5) is 14.0. The van der Waals surface area contributed by atoms with E-state index in [-0.39, 0.29) is 17.7 Å². The van der Waals surface area contributed by atoms with Gasteiger partial charge in [0.15, 0.2) is 0 Å². The summed E-state index contributed by atoms with van der Waals surface area (Å²) in [5.74, 6) is 0.873. The number of amides is 1. The van der Waals surface area contributed by atoms with E-state index in [0.29, 0.717) is 6.04 Å². The topological polar surface area (TPSA) is 50.8 Å². The molecule has 1 aromatic rings. The number of nitrogens with zero attached hydrogens (tertiary/aromatic N) is 1. The van der Waals surface area contributed by atoms with Crippen molar-refractivity contribution in [1.29, 1.82) is 0 Å². The Labute approximate surface area is 139 Å². The minimum absolute atomic E-state index is 0.0284. The van der Waals surface area contributed by atoms with Crippen LogP contribution in [-0.2, 0) is 11.3 Å². The highest BCUT2D eigenvalue weighted by atomic mass is 16.6. The average Bonchev–Trinajstić information content (AvgIpc) is 2.41. The summed E-state index contributed by atoms with van der Waals surface area (Å²) in [7, 11) is 3.78. The summed E-state index contributed by atoms with van der Waals surface area (Å²) >= 11 is 0. The molecule has 0 unspecified atom stereocenters. The molecule has 23 heavy (non-hydrogen) atoms. The van der Waals surface area contributed by atoms with Crippen LogP contribution in [0.3, 0.4) is 0 Å². The van der Waals surface area contributed by atoms with Crippen LogP contribution in [0.5, 0.6) is 5.75 Å². The van der Waals surface area contributed by atoms with E-state index in [1.165, 1.54) is 5.56 Å². The summed E-state index contributed by atoms with van der Waals surface area (Å²) in [6, 6.07) is 8.58. The van der Waals surface area contributed by atoms with Gasteiger partial charge in [0.05, 0.1) is 7.11 Å². The van der Waals surface area contributed by atoms with E-state index in [1.807, 2.05) is 32.9 Å². The fourth-order valence-corrected chi connectivity index (χ4v) is 2.63. The SMILES string of the molecule is COc1ccc(CN(C)C2CC(OC(=O)NC(C)(C)C)C2)cc1. The van der Waals surface area contributed by atoms with Gasteiger partial charge in [-0.15, -0.1) is 0 Å². The van der Waals surface area contributed by atoms with Gasteiger partial charge in [-0.2, -0.15) is 0 Å². The maximum Gasteiger partial charge on any atom is 0.407 e. The van der Waals surface area contributed by atoms with Crippen LogP contribution in [-0.4, -0.2) is 42.8 Å². The fraction of sp³-hybridized carbons (Fsp3) is 0.611. The monoisotopic (exact) mass is 320 g/mol. The lowest BCUT2D eigenvalue weighted by atomic mass is 9.88. The van der Waals surface area contributed by atoms with Crippen molar-refractivity contribution in [1.82, 2.24) is 10.2 Å². The minimum atomic E-state index is -0.321. The molecular weight excluding hydrogens is 292 g/mol. The van der Waals surface area contributed by atoms with E-state index >= 15 is 0 Å². The number of methoxy groups -OCH3 is 1. The molecule has 1 aromatic carbocycles. The van der Waals surface area contributed by atoms with Crippen molar-refractivity contribution in [3.63, 3.8) is 0 Å². The molecule has 5 nitrogen and oxygen atoms in total. The van der Waals surface area contributed by atoms with Gasteiger partial charge in [0.1, 0.15) is 11.9 Å². The van der Waals surface area contributed by atoms with Crippen molar-refractivity contribution in [2.75, 3.05) is 14.2 Å². The molecule has 0 bridgehead atoms. The van der Waals surface area contributed by atoms with Crippen molar-refractivity contribution in [3.8, 4) is 5.75 Å².